The Morgan fingerprint density at radius 1 is 1.14 bits per heavy atom. The Balaban J connectivity index is 1.77. The molecule has 0 aromatic heterocycles. The van der Waals surface area contributed by atoms with E-state index in [0.717, 1.165) is 26.2 Å². The predicted octanol–water partition coefficient (Wildman–Crippen LogP) is 2.48. The first-order valence-corrected chi connectivity index (χ1v) is 7.81. The second-order valence-corrected chi connectivity index (χ2v) is 6.26. The van der Waals surface area contributed by atoms with Gasteiger partial charge >= 0.3 is 0 Å². The second kappa shape index (κ2) is 6.14. The van der Waals surface area contributed by atoms with Gasteiger partial charge in [-0.1, -0.05) is 42.5 Å². The standard InChI is InChI=1S/C18H25N3/c1-14-12-21(11-10-20(14)2)13-18(19)17-9-5-7-15-6-3-4-8-16(15)17/h3-9,14,18H,10-13,19H2,1-2H3. The molecule has 1 fully saturated rings. The molecule has 1 saturated heterocycles. The van der Waals surface area contributed by atoms with E-state index in [1.807, 2.05) is 0 Å². The third-order valence-electron chi connectivity index (χ3n) is 4.72. The average Bonchev–Trinajstić information content (AvgIpc) is 2.50. The molecule has 2 unspecified atom stereocenters. The van der Waals surface area contributed by atoms with Gasteiger partial charge in [0.15, 0.2) is 0 Å². The first-order chi connectivity index (χ1) is 10.1. The van der Waals surface area contributed by atoms with Gasteiger partial charge in [0, 0.05) is 38.3 Å². The Hall–Kier alpha value is -1.42. The lowest BCUT2D eigenvalue weighted by atomic mass is 9.98. The molecule has 2 aromatic rings. The molecule has 112 valence electrons. The van der Waals surface area contributed by atoms with Crippen molar-refractivity contribution in [2.24, 2.45) is 5.73 Å². The predicted molar refractivity (Wildman–Crippen MR) is 89.4 cm³/mol. The van der Waals surface area contributed by atoms with Crippen molar-refractivity contribution < 1.29 is 0 Å². The van der Waals surface area contributed by atoms with Crippen molar-refractivity contribution in [3.8, 4) is 0 Å². The van der Waals surface area contributed by atoms with Crippen LogP contribution in [0.15, 0.2) is 42.5 Å². The Morgan fingerprint density at radius 3 is 2.71 bits per heavy atom. The van der Waals surface area contributed by atoms with Crippen LogP contribution in [0.4, 0.5) is 0 Å². The van der Waals surface area contributed by atoms with E-state index in [1.165, 1.54) is 16.3 Å². The second-order valence-electron chi connectivity index (χ2n) is 6.26. The first kappa shape index (κ1) is 14.5. The summed E-state index contributed by atoms with van der Waals surface area (Å²) in [6.45, 7) is 6.57. The van der Waals surface area contributed by atoms with Crippen LogP contribution < -0.4 is 5.73 Å². The SMILES string of the molecule is CC1CN(CC(N)c2cccc3ccccc23)CCN1C. The molecule has 0 amide bonds. The summed E-state index contributed by atoms with van der Waals surface area (Å²) in [5, 5.41) is 2.56. The van der Waals surface area contributed by atoms with Crippen molar-refractivity contribution in [1.82, 2.24) is 9.80 Å². The molecule has 3 nitrogen and oxygen atoms in total. The van der Waals surface area contributed by atoms with Gasteiger partial charge in [-0.15, -0.1) is 0 Å². The zero-order valence-electron chi connectivity index (χ0n) is 13.0. The van der Waals surface area contributed by atoms with Gasteiger partial charge in [-0.3, -0.25) is 4.90 Å². The van der Waals surface area contributed by atoms with Crippen LogP contribution in [-0.2, 0) is 0 Å². The fourth-order valence-corrected chi connectivity index (χ4v) is 3.24. The van der Waals surface area contributed by atoms with Crippen LogP contribution in [-0.4, -0.2) is 49.1 Å². The summed E-state index contributed by atoms with van der Waals surface area (Å²) in [7, 11) is 2.20. The van der Waals surface area contributed by atoms with Crippen molar-refractivity contribution in [1.29, 1.82) is 0 Å². The van der Waals surface area contributed by atoms with E-state index in [9.17, 15) is 0 Å². The molecule has 1 heterocycles. The highest BCUT2D eigenvalue weighted by Crippen LogP contribution is 2.24. The van der Waals surface area contributed by atoms with E-state index >= 15 is 0 Å². The van der Waals surface area contributed by atoms with E-state index in [-0.39, 0.29) is 6.04 Å². The third-order valence-corrected chi connectivity index (χ3v) is 4.72. The summed E-state index contributed by atoms with van der Waals surface area (Å²) >= 11 is 0. The van der Waals surface area contributed by atoms with Gasteiger partial charge in [0.05, 0.1) is 0 Å². The number of rotatable bonds is 3. The monoisotopic (exact) mass is 283 g/mol. The van der Waals surface area contributed by atoms with Crippen molar-refractivity contribution >= 4 is 10.8 Å². The van der Waals surface area contributed by atoms with Gasteiger partial charge in [0.1, 0.15) is 0 Å². The summed E-state index contributed by atoms with van der Waals surface area (Å²) < 4.78 is 0. The molecule has 21 heavy (non-hydrogen) atoms. The maximum Gasteiger partial charge on any atom is 0.0430 e. The van der Waals surface area contributed by atoms with Gasteiger partial charge in [-0.05, 0) is 30.3 Å². The van der Waals surface area contributed by atoms with Crippen LogP contribution in [0.1, 0.15) is 18.5 Å². The topological polar surface area (TPSA) is 32.5 Å². The molecule has 2 N–H and O–H groups in total. The minimum Gasteiger partial charge on any atom is -0.323 e. The largest absolute Gasteiger partial charge is 0.323 e. The number of hydrogen-bond acceptors (Lipinski definition) is 3. The van der Waals surface area contributed by atoms with Gasteiger partial charge in [0.2, 0.25) is 0 Å². The normalized spacial score (nSPS) is 22.5. The number of likely N-dealkylation sites (N-methyl/N-ethyl adjacent to an activating group) is 1. The van der Waals surface area contributed by atoms with Crippen molar-refractivity contribution in [2.75, 3.05) is 33.2 Å². The van der Waals surface area contributed by atoms with E-state index in [1.54, 1.807) is 0 Å². The van der Waals surface area contributed by atoms with Crippen LogP contribution in [0.25, 0.3) is 10.8 Å². The molecule has 0 radical (unpaired) electrons. The van der Waals surface area contributed by atoms with Crippen LogP contribution in [0.3, 0.4) is 0 Å². The van der Waals surface area contributed by atoms with Crippen LogP contribution in [0.2, 0.25) is 0 Å². The van der Waals surface area contributed by atoms with Gasteiger partial charge in [-0.2, -0.15) is 0 Å². The number of nitrogens with zero attached hydrogens (tertiary/aromatic N) is 2. The van der Waals surface area contributed by atoms with Crippen molar-refractivity contribution in [3.63, 3.8) is 0 Å². The maximum atomic E-state index is 6.52. The van der Waals surface area contributed by atoms with E-state index < -0.39 is 0 Å². The molecule has 0 saturated carbocycles. The van der Waals surface area contributed by atoms with Crippen molar-refractivity contribution in [3.05, 3.63) is 48.0 Å². The van der Waals surface area contributed by atoms with Crippen LogP contribution in [0.5, 0.6) is 0 Å². The van der Waals surface area contributed by atoms with Gasteiger partial charge in [0.25, 0.3) is 0 Å². The Kier molecular flexibility index (Phi) is 4.24. The third kappa shape index (κ3) is 3.10. The highest BCUT2D eigenvalue weighted by molar-refractivity contribution is 5.86. The summed E-state index contributed by atoms with van der Waals surface area (Å²) in [6.07, 6.45) is 0. The summed E-state index contributed by atoms with van der Waals surface area (Å²) in [5.74, 6) is 0. The molecule has 3 heteroatoms. The van der Waals surface area contributed by atoms with E-state index in [0.29, 0.717) is 6.04 Å². The van der Waals surface area contributed by atoms with E-state index in [4.69, 9.17) is 5.73 Å². The minimum absolute atomic E-state index is 0.0757. The average molecular weight is 283 g/mol. The van der Waals surface area contributed by atoms with E-state index in [2.05, 4.69) is 66.2 Å². The summed E-state index contributed by atoms with van der Waals surface area (Å²) in [4.78, 5) is 4.91. The lowest BCUT2D eigenvalue weighted by molar-refractivity contribution is 0.101. The highest BCUT2D eigenvalue weighted by Gasteiger charge is 2.22. The number of hydrogen-bond donors (Lipinski definition) is 1. The smallest absolute Gasteiger partial charge is 0.0430 e. The fourth-order valence-electron chi connectivity index (χ4n) is 3.24. The molecule has 0 bridgehead atoms. The Bertz CT molecular complexity index is 605. The van der Waals surface area contributed by atoms with Crippen LogP contribution >= 0.6 is 0 Å². The lowest BCUT2D eigenvalue weighted by Crippen LogP contribution is -2.51. The van der Waals surface area contributed by atoms with Crippen LogP contribution in [0, 0.1) is 0 Å². The fraction of sp³-hybridized carbons (Fsp3) is 0.444. The molecule has 2 atom stereocenters. The quantitative estimate of drug-likeness (QED) is 0.939. The molecule has 0 spiro atoms. The molecular formula is C18H25N3. The first-order valence-electron chi connectivity index (χ1n) is 7.81. The zero-order chi connectivity index (χ0) is 14.8. The Morgan fingerprint density at radius 2 is 1.90 bits per heavy atom. The Labute approximate surface area is 127 Å². The minimum atomic E-state index is 0.0757. The highest BCUT2D eigenvalue weighted by atomic mass is 15.3. The zero-order valence-corrected chi connectivity index (χ0v) is 13.0. The number of nitrogens with two attached hydrogens (primary N) is 1. The molecule has 1 aliphatic heterocycles. The lowest BCUT2D eigenvalue weighted by Gasteiger charge is -2.38. The maximum absolute atomic E-state index is 6.52. The van der Waals surface area contributed by atoms with Gasteiger partial charge in [-0.25, -0.2) is 0 Å². The molecule has 0 aliphatic carbocycles. The van der Waals surface area contributed by atoms with Crippen molar-refractivity contribution in [2.45, 2.75) is 19.0 Å². The molecular weight excluding hydrogens is 258 g/mol. The molecule has 2 aromatic carbocycles. The number of piperazine rings is 1. The number of fused-ring (bicyclic) bond motifs is 1. The van der Waals surface area contributed by atoms with Gasteiger partial charge < -0.3 is 10.6 Å². The number of benzene rings is 2. The molecule has 3 rings (SSSR count). The summed E-state index contributed by atoms with van der Waals surface area (Å²) in [5.41, 5.74) is 7.78. The summed E-state index contributed by atoms with van der Waals surface area (Å²) in [6, 6.07) is 15.6. The molecule has 1 aliphatic rings.